The molecule has 0 unspecified atom stereocenters. The van der Waals surface area contributed by atoms with E-state index in [1.54, 1.807) is 16.2 Å². The van der Waals surface area contributed by atoms with E-state index in [1.165, 1.54) is 0 Å². The van der Waals surface area contributed by atoms with Crippen molar-refractivity contribution in [3.8, 4) is 0 Å². The second-order valence-electron chi connectivity index (χ2n) is 5.51. The van der Waals surface area contributed by atoms with Crippen LogP contribution in [0, 0.1) is 5.92 Å². The highest BCUT2D eigenvalue weighted by Crippen LogP contribution is 2.29. The molecule has 1 fully saturated rings. The monoisotopic (exact) mass is 279 g/mol. The Hall–Kier alpha value is -1.40. The first-order chi connectivity index (χ1) is 8.98. The van der Waals surface area contributed by atoms with E-state index in [-0.39, 0.29) is 11.8 Å². The fourth-order valence-electron chi connectivity index (χ4n) is 2.28. The summed E-state index contributed by atoms with van der Waals surface area (Å²) < 4.78 is 1.92. The second kappa shape index (κ2) is 4.31. The van der Waals surface area contributed by atoms with Gasteiger partial charge in [-0.05, 0) is 5.92 Å². The third kappa shape index (κ3) is 2.15. The minimum absolute atomic E-state index is 0.0380. The summed E-state index contributed by atoms with van der Waals surface area (Å²) in [6, 6.07) is 0. The molecule has 102 valence electrons. The average molecular weight is 279 g/mol. The van der Waals surface area contributed by atoms with Gasteiger partial charge in [0, 0.05) is 17.8 Å². The van der Waals surface area contributed by atoms with Crippen molar-refractivity contribution in [2.45, 2.75) is 25.9 Å². The number of hydrogen-bond donors (Lipinski definition) is 1. The second-order valence-corrected chi connectivity index (χ2v) is 6.38. The normalized spacial score (nSPS) is 18.0. The molecule has 2 aromatic rings. The summed E-state index contributed by atoms with van der Waals surface area (Å²) in [7, 11) is 0. The van der Waals surface area contributed by atoms with E-state index in [2.05, 4.69) is 4.98 Å². The van der Waals surface area contributed by atoms with E-state index in [9.17, 15) is 9.90 Å². The molecule has 0 bridgehead atoms. The summed E-state index contributed by atoms with van der Waals surface area (Å²) in [6.07, 6.45) is 4.13. The van der Waals surface area contributed by atoms with Gasteiger partial charge in [-0.25, -0.2) is 4.98 Å². The first kappa shape index (κ1) is 12.6. The van der Waals surface area contributed by atoms with Gasteiger partial charge in [0.2, 0.25) is 5.91 Å². The number of carbonyl (C=O) groups excluding carboxylic acids is 1. The number of aromatic nitrogens is 2. The number of nitrogens with zero attached hydrogens (tertiary/aromatic N) is 3. The predicted molar refractivity (Wildman–Crippen MR) is 73.1 cm³/mol. The van der Waals surface area contributed by atoms with Gasteiger partial charge >= 0.3 is 0 Å². The molecule has 1 N–H and O–H groups in total. The summed E-state index contributed by atoms with van der Waals surface area (Å²) in [5, 5.41) is 12.1. The maximum absolute atomic E-state index is 12.1. The van der Waals surface area contributed by atoms with Gasteiger partial charge in [0.15, 0.2) is 4.96 Å². The number of imidazole rings is 1. The van der Waals surface area contributed by atoms with Gasteiger partial charge in [-0.1, -0.05) is 13.8 Å². The van der Waals surface area contributed by atoms with Gasteiger partial charge in [-0.2, -0.15) is 0 Å². The lowest BCUT2D eigenvalue weighted by atomic mass is 9.83. The van der Waals surface area contributed by atoms with E-state index < -0.39 is 5.60 Å². The van der Waals surface area contributed by atoms with Crippen LogP contribution in [0.5, 0.6) is 0 Å². The number of aliphatic hydroxyl groups is 1. The Morgan fingerprint density at radius 3 is 2.95 bits per heavy atom. The fourth-order valence-corrected chi connectivity index (χ4v) is 3.00. The molecule has 0 radical (unpaired) electrons. The van der Waals surface area contributed by atoms with Gasteiger partial charge < -0.3 is 10.0 Å². The molecule has 5 nitrogen and oxygen atoms in total. The quantitative estimate of drug-likeness (QED) is 0.917. The van der Waals surface area contributed by atoms with Gasteiger partial charge in [0.25, 0.3) is 0 Å². The number of carbonyl (C=O) groups is 1. The SMILES string of the molecule is CC(C)C1(O)CN(C(=O)Cc2cn3ccsc3n2)C1. The molecule has 0 atom stereocenters. The highest BCUT2D eigenvalue weighted by molar-refractivity contribution is 7.15. The Kier molecular flexibility index (Phi) is 2.87. The van der Waals surface area contributed by atoms with Crippen molar-refractivity contribution in [3.63, 3.8) is 0 Å². The lowest BCUT2D eigenvalue weighted by Gasteiger charge is -2.49. The molecular formula is C13H17N3O2S. The first-order valence-electron chi connectivity index (χ1n) is 6.39. The first-order valence-corrected chi connectivity index (χ1v) is 7.27. The van der Waals surface area contributed by atoms with Crippen molar-refractivity contribution in [3.05, 3.63) is 23.5 Å². The van der Waals surface area contributed by atoms with Crippen LogP contribution >= 0.6 is 11.3 Å². The largest absolute Gasteiger partial charge is 0.386 e. The number of thiazole rings is 1. The number of likely N-dealkylation sites (tertiary alicyclic amines) is 1. The Labute approximate surface area is 115 Å². The molecule has 0 saturated carbocycles. The number of hydrogen-bond acceptors (Lipinski definition) is 4. The number of amides is 1. The Morgan fingerprint density at radius 2 is 2.32 bits per heavy atom. The number of β-amino-alcohol motifs (C(OH)–C–C–N with tert-alkyl or cyclic N) is 1. The summed E-state index contributed by atoms with van der Waals surface area (Å²) in [5.74, 6) is 0.213. The van der Waals surface area contributed by atoms with Crippen molar-refractivity contribution >= 4 is 22.2 Å². The molecule has 1 aliphatic heterocycles. The van der Waals surface area contributed by atoms with Crippen molar-refractivity contribution in [2.24, 2.45) is 5.92 Å². The van der Waals surface area contributed by atoms with E-state index >= 15 is 0 Å². The van der Waals surface area contributed by atoms with Crippen LogP contribution in [-0.4, -0.2) is 44.0 Å². The van der Waals surface area contributed by atoms with Crippen LogP contribution in [0.25, 0.3) is 4.96 Å². The van der Waals surface area contributed by atoms with Crippen molar-refractivity contribution in [1.82, 2.24) is 14.3 Å². The topological polar surface area (TPSA) is 57.8 Å². The smallest absolute Gasteiger partial charge is 0.228 e. The van der Waals surface area contributed by atoms with Crippen LogP contribution < -0.4 is 0 Å². The van der Waals surface area contributed by atoms with Crippen LogP contribution in [0.15, 0.2) is 17.8 Å². The highest BCUT2D eigenvalue weighted by Gasteiger charge is 2.45. The van der Waals surface area contributed by atoms with E-state index in [1.807, 2.05) is 36.0 Å². The van der Waals surface area contributed by atoms with Crippen LogP contribution in [0.3, 0.4) is 0 Å². The van der Waals surface area contributed by atoms with E-state index in [4.69, 9.17) is 0 Å². The molecule has 1 saturated heterocycles. The zero-order valence-corrected chi connectivity index (χ0v) is 11.9. The minimum atomic E-state index is -0.704. The molecule has 3 rings (SSSR count). The van der Waals surface area contributed by atoms with Crippen LogP contribution in [0.1, 0.15) is 19.5 Å². The summed E-state index contributed by atoms with van der Waals surface area (Å²) in [6.45, 7) is 4.83. The van der Waals surface area contributed by atoms with Crippen LogP contribution in [0.2, 0.25) is 0 Å². The molecule has 2 aromatic heterocycles. The van der Waals surface area contributed by atoms with Crippen molar-refractivity contribution in [1.29, 1.82) is 0 Å². The lowest BCUT2D eigenvalue weighted by molar-refractivity contribution is -0.163. The van der Waals surface area contributed by atoms with Gasteiger partial charge in [-0.15, -0.1) is 11.3 Å². The molecule has 0 aromatic carbocycles. The zero-order chi connectivity index (χ0) is 13.6. The highest BCUT2D eigenvalue weighted by atomic mass is 32.1. The molecule has 1 aliphatic rings. The van der Waals surface area contributed by atoms with Gasteiger partial charge in [0.05, 0.1) is 25.2 Å². The zero-order valence-electron chi connectivity index (χ0n) is 11.0. The third-order valence-electron chi connectivity index (χ3n) is 3.83. The van der Waals surface area contributed by atoms with E-state index in [0.717, 1.165) is 10.7 Å². The van der Waals surface area contributed by atoms with Crippen molar-refractivity contribution in [2.75, 3.05) is 13.1 Å². The summed E-state index contributed by atoms with van der Waals surface area (Å²) >= 11 is 1.55. The molecule has 0 aliphatic carbocycles. The molecule has 19 heavy (non-hydrogen) atoms. The van der Waals surface area contributed by atoms with E-state index in [0.29, 0.717) is 19.5 Å². The van der Waals surface area contributed by atoms with Crippen LogP contribution in [0.4, 0.5) is 0 Å². The number of rotatable bonds is 3. The third-order valence-corrected chi connectivity index (χ3v) is 4.60. The number of fused-ring (bicyclic) bond motifs is 1. The molecule has 6 heteroatoms. The Morgan fingerprint density at radius 1 is 1.58 bits per heavy atom. The Bertz CT molecular complexity index is 582. The predicted octanol–water partition coefficient (Wildman–Crippen LogP) is 1.17. The molecule has 0 spiro atoms. The molecule has 1 amide bonds. The average Bonchev–Trinajstić information content (AvgIpc) is 2.84. The van der Waals surface area contributed by atoms with Crippen molar-refractivity contribution < 1.29 is 9.90 Å². The fraction of sp³-hybridized carbons (Fsp3) is 0.538. The minimum Gasteiger partial charge on any atom is -0.386 e. The standard InChI is InChI=1S/C13H17N3O2S/c1-9(2)13(18)7-16(8-13)11(17)5-10-6-15-3-4-19-12(15)14-10/h3-4,6,9,18H,5,7-8H2,1-2H3. The maximum atomic E-state index is 12.1. The van der Waals surface area contributed by atoms with Crippen LogP contribution in [-0.2, 0) is 11.2 Å². The summed E-state index contributed by atoms with van der Waals surface area (Å²) in [5.41, 5.74) is 0.0846. The lowest BCUT2D eigenvalue weighted by Crippen LogP contribution is -2.66. The maximum Gasteiger partial charge on any atom is 0.228 e. The van der Waals surface area contributed by atoms with Gasteiger partial charge in [-0.3, -0.25) is 9.20 Å². The molecule has 3 heterocycles. The molecular weight excluding hydrogens is 262 g/mol. The van der Waals surface area contributed by atoms with Gasteiger partial charge in [0.1, 0.15) is 5.60 Å². The Balaban J connectivity index is 1.62. The summed E-state index contributed by atoms with van der Waals surface area (Å²) in [4.78, 5) is 19.1.